The summed E-state index contributed by atoms with van der Waals surface area (Å²) in [5.74, 6) is 0.987. The number of hydrogen-bond donors (Lipinski definition) is 1. The molecule has 1 aliphatic carbocycles. The third-order valence-corrected chi connectivity index (χ3v) is 3.62. The van der Waals surface area contributed by atoms with Crippen molar-refractivity contribution in [2.75, 3.05) is 14.1 Å². The first-order valence-electron chi connectivity index (χ1n) is 5.44. The van der Waals surface area contributed by atoms with E-state index in [1.54, 1.807) is 0 Å². The summed E-state index contributed by atoms with van der Waals surface area (Å²) in [6.07, 6.45) is 1.02. The van der Waals surface area contributed by atoms with E-state index in [2.05, 4.69) is 4.99 Å². The van der Waals surface area contributed by atoms with Crippen LogP contribution < -0.4 is 5.73 Å². The van der Waals surface area contributed by atoms with E-state index in [4.69, 9.17) is 28.9 Å². The Labute approximate surface area is 111 Å². The fourth-order valence-corrected chi connectivity index (χ4v) is 2.02. The Morgan fingerprint density at radius 1 is 1.35 bits per heavy atom. The van der Waals surface area contributed by atoms with Gasteiger partial charge in [-0.3, -0.25) is 0 Å². The highest BCUT2D eigenvalue weighted by Crippen LogP contribution is 2.44. The van der Waals surface area contributed by atoms with E-state index < -0.39 is 0 Å². The molecule has 1 fully saturated rings. The van der Waals surface area contributed by atoms with E-state index >= 15 is 0 Å². The quantitative estimate of drug-likeness (QED) is 0.664. The minimum absolute atomic E-state index is 0.273. The van der Waals surface area contributed by atoms with Crippen molar-refractivity contribution in [1.29, 1.82) is 0 Å². The molecule has 2 atom stereocenters. The zero-order chi connectivity index (χ0) is 12.6. The standard InChI is InChI=1S/C12H15Cl2N3/c1-17(2)12(15)16-11-6-8(11)7-3-4-9(13)10(14)5-7/h3-5,8,11H,6H2,1-2H3,(H2,15,16)/t8-,11+/m0/s1. The maximum atomic E-state index is 5.99. The first-order chi connectivity index (χ1) is 7.99. The number of aliphatic imine (C=N–C) groups is 1. The molecule has 0 unspecified atom stereocenters. The lowest BCUT2D eigenvalue weighted by Gasteiger charge is -2.10. The van der Waals surface area contributed by atoms with Crippen LogP contribution in [0.5, 0.6) is 0 Å². The topological polar surface area (TPSA) is 41.6 Å². The average Bonchev–Trinajstić information content (AvgIpc) is 3.01. The molecule has 92 valence electrons. The molecule has 0 aliphatic heterocycles. The Hall–Kier alpha value is -0.930. The second-order valence-electron chi connectivity index (χ2n) is 4.46. The summed E-state index contributed by atoms with van der Waals surface area (Å²) < 4.78 is 0. The fraction of sp³-hybridized carbons (Fsp3) is 0.417. The molecule has 0 aromatic heterocycles. The number of benzene rings is 1. The molecule has 0 radical (unpaired) electrons. The van der Waals surface area contributed by atoms with Crippen molar-refractivity contribution in [1.82, 2.24) is 4.90 Å². The molecule has 0 saturated heterocycles. The second kappa shape index (κ2) is 4.75. The summed E-state index contributed by atoms with van der Waals surface area (Å²) in [5, 5.41) is 1.18. The number of hydrogen-bond acceptors (Lipinski definition) is 1. The maximum Gasteiger partial charge on any atom is 0.191 e. The molecular weight excluding hydrogens is 257 g/mol. The van der Waals surface area contributed by atoms with Crippen LogP contribution in [-0.2, 0) is 0 Å². The Morgan fingerprint density at radius 3 is 2.65 bits per heavy atom. The third kappa shape index (κ3) is 2.85. The summed E-state index contributed by atoms with van der Waals surface area (Å²) in [6, 6.07) is 6.01. The van der Waals surface area contributed by atoms with Crippen molar-refractivity contribution >= 4 is 29.2 Å². The molecule has 1 saturated carbocycles. The molecule has 17 heavy (non-hydrogen) atoms. The number of guanidine groups is 1. The highest BCUT2D eigenvalue weighted by atomic mass is 35.5. The molecule has 1 aromatic carbocycles. The molecule has 0 heterocycles. The fourth-order valence-electron chi connectivity index (χ4n) is 1.71. The predicted octanol–water partition coefficient (Wildman–Crippen LogP) is 2.73. The van der Waals surface area contributed by atoms with E-state index in [0.29, 0.717) is 21.9 Å². The summed E-state index contributed by atoms with van der Waals surface area (Å²) in [7, 11) is 3.77. The number of nitrogens with zero attached hydrogens (tertiary/aromatic N) is 2. The summed E-state index contributed by atoms with van der Waals surface area (Å²) >= 11 is 11.9. The van der Waals surface area contributed by atoms with Crippen LogP contribution in [0.25, 0.3) is 0 Å². The summed E-state index contributed by atoms with van der Waals surface area (Å²) in [4.78, 5) is 6.25. The van der Waals surface area contributed by atoms with Crippen molar-refractivity contribution in [3.63, 3.8) is 0 Å². The smallest absolute Gasteiger partial charge is 0.191 e. The summed E-state index contributed by atoms with van der Waals surface area (Å²) in [5.41, 5.74) is 6.96. The van der Waals surface area contributed by atoms with Gasteiger partial charge in [0.1, 0.15) is 0 Å². The van der Waals surface area contributed by atoms with E-state index in [9.17, 15) is 0 Å². The second-order valence-corrected chi connectivity index (χ2v) is 5.28. The zero-order valence-corrected chi connectivity index (χ0v) is 11.3. The van der Waals surface area contributed by atoms with E-state index in [1.807, 2.05) is 37.2 Å². The monoisotopic (exact) mass is 271 g/mol. The van der Waals surface area contributed by atoms with Gasteiger partial charge in [0.2, 0.25) is 0 Å². The molecule has 5 heteroatoms. The van der Waals surface area contributed by atoms with Gasteiger partial charge in [-0.05, 0) is 24.1 Å². The van der Waals surface area contributed by atoms with E-state index in [0.717, 1.165) is 6.42 Å². The van der Waals surface area contributed by atoms with Gasteiger partial charge >= 0.3 is 0 Å². The van der Waals surface area contributed by atoms with Crippen molar-refractivity contribution in [3.05, 3.63) is 33.8 Å². The van der Waals surface area contributed by atoms with Crippen LogP contribution in [0.1, 0.15) is 17.9 Å². The normalized spacial score (nSPS) is 23.6. The predicted molar refractivity (Wildman–Crippen MR) is 72.9 cm³/mol. The van der Waals surface area contributed by atoms with E-state index in [1.165, 1.54) is 5.56 Å². The largest absolute Gasteiger partial charge is 0.370 e. The highest BCUT2D eigenvalue weighted by Gasteiger charge is 2.38. The van der Waals surface area contributed by atoms with Gasteiger partial charge in [-0.15, -0.1) is 0 Å². The first-order valence-corrected chi connectivity index (χ1v) is 6.20. The van der Waals surface area contributed by atoms with Crippen LogP contribution in [0.2, 0.25) is 10.0 Å². The first kappa shape index (κ1) is 12.5. The molecule has 1 aliphatic rings. The van der Waals surface area contributed by atoms with Gasteiger partial charge in [0, 0.05) is 20.0 Å². The lowest BCUT2D eigenvalue weighted by Crippen LogP contribution is -2.30. The van der Waals surface area contributed by atoms with Crippen LogP contribution in [0.3, 0.4) is 0 Å². The average molecular weight is 272 g/mol. The minimum atomic E-state index is 0.273. The van der Waals surface area contributed by atoms with Crippen LogP contribution in [-0.4, -0.2) is 31.0 Å². The van der Waals surface area contributed by atoms with Crippen LogP contribution in [0.15, 0.2) is 23.2 Å². The zero-order valence-electron chi connectivity index (χ0n) is 9.82. The third-order valence-electron chi connectivity index (χ3n) is 2.88. The van der Waals surface area contributed by atoms with Crippen molar-refractivity contribution in [2.45, 2.75) is 18.4 Å². The highest BCUT2D eigenvalue weighted by molar-refractivity contribution is 6.42. The molecular formula is C12H15Cl2N3. The van der Waals surface area contributed by atoms with Crippen molar-refractivity contribution < 1.29 is 0 Å². The molecule has 0 bridgehead atoms. The number of nitrogens with two attached hydrogens (primary N) is 1. The van der Waals surface area contributed by atoms with Gasteiger partial charge in [-0.25, -0.2) is 4.99 Å². The Morgan fingerprint density at radius 2 is 2.06 bits per heavy atom. The molecule has 0 spiro atoms. The van der Waals surface area contributed by atoms with Gasteiger partial charge in [0.15, 0.2) is 5.96 Å². The van der Waals surface area contributed by atoms with Crippen molar-refractivity contribution in [2.24, 2.45) is 10.7 Å². The van der Waals surface area contributed by atoms with Gasteiger partial charge in [0.25, 0.3) is 0 Å². The number of halogens is 2. The molecule has 2 rings (SSSR count). The lowest BCUT2D eigenvalue weighted by atomic mass is 10.1. The SMILES string of the molecule is CN(C)C(N)=N[C@@H]1C[C@H]1c1ccc(Cl)c(Cl)c1. The lowest BCUT2D eigenvalue weighted by molar-refractivity contribution is 0.608. The van der Waals surface area contributed by atoms with Crippen LogP contribution >= 0.6 is 23.2 Å². The van der Waals surface area contributed by atoms with Gasteiger partial charge in [-0.2, -0.15) is 0 Å². The Kier molecular flexibility index (Phi) is 3.50. The molecule has 1 aromatic rings. The summed E-state index contributed by atoms with van der Waals surface area (Å²) in [6.45, 7) is 0. The number of rotatable bonds is 2. The molecule has 2 N–H and O–H groups in total. The van der Waals surface area contributed by atoms with E-state index in [-0.39, 0.29) is 6.04 Å². The van der Waals surface area contributed by atoms with Crippen molar-refractivity contribution in [3.8, 4) is 0 Å². The van der Waals surface area contributed by atoms with Gasteiger partial charge < -0.3 is 10.6 Å². The molecule has 3 nitrogen and oxygen atoms in total. The van der Waals surface area contributed by atoms with Gasteiger partial charge in [-0.1, -0.05) is 29.3 Å². The van der Waals surface area contributed by atoms with Gasteiger partial charge in [0.05, 0.1) is 16.1 Å². The maximum absolute atomic E-state index is 5.99. The minimum Gasteiger partial charge on any atom is -0.370 e. The van der Waals surface area contributed by atoms with Crippen LogP contribution in [0.4, 0.5) is 0 Å². The Bertz CT molecular complexity index is 457. The van der Waals surface area contributed by atoms with Crippen LogP contribution in [0, 0.1) is 0 Å². The molecule has 0 amide bonds. The Balaban J connectivity index is 2.08.